The van der Waals surface area contributed by atoms with Crippen LogP contribution in [0.1, 0.15) is 11.1 Å². The Balaban J connectivity index is 2.23. The van der Waals surface area contributed by atoms with Gasteiger partial charge in [-0.25, -0.2) is 4.39 Å². The van der Waals surface area contributed by atoms with Crippen molar-refractivity contribution in [1.82, 2.24) is 0 Å². The molecule has 0 fully saturated rings. The number of alkyl halides is 1. The highest BCUT2D eigenvalue weighted by Crippen LogP contribution is 2.28. The van der Waals surface area contributed by atoms with E-state index in [4.69, 9.17) is 16.3 Å². The van der Waals surface area contributed by atoms with E-state index in [0.717, 1.165) is 5.56 Å². The Morgan fingerprint density at radius 3 is 2.44 bits per heavy atom. The van der Waals surface area contributed by atoms with E-state index in [2.05, 4.69) is 15.9 Å². The van der Waals surface area contributed by atoms with Crippen LogP contribution in [0.4, 0.5) is 4.39 Å². The van der Waals surface area contributed by atoms with Crippen LogP contribution in [0.3, 0.4) is 0 Å². The fourth-order valence-corrected chi connectivity index (χ4v) is 2.36. The second kappa shape index (κ2) is 5.72. The van der Waals surface area contributed by atoms with Crippen molar-refractivity contribution in [3.05, 3.63) is 58.4 Å². The molecule has 0 spiro atoms. The minimum absolute atomic E-state index is 0.282. The van der Waals surface area contributed by atoms with Crippen molar-refractivity contribution in [2.24, 2.45) is 0 Å². The largest absolute Gasteiger partial charge is 0.457 e. The van der Waals surface area contributed by atoms with Crippen molar-refractivity contribution in [2.45, 2.75) is 12.3 Å². The average Bonchev–Trinajstić information content (AvgIpc) is 2.34. The summed E-state index contributed by atoms with van der Waals surface area (Å²) in [4.78, 5) is 0. The van der Waals surface area contributed by atoms with Gasteiger partial charge < -0.3 is 4.74 Å². The molecular formula is C14H11BrClFO. The molecule has 94 valence electrons. The zero-order valence-electron chi connectivity index (χ0n) is 9.71. The molecule has 0 heterocycles. The Labute approximate surface area is 119 Å². The van der Waals surface area contributed by atoms with Crippen LogP contribution in [0.5, 0.6) is 11.5 Å². The molecule has 0 saturated heterocycles. The van der Waals surface area contributed by atoms with Crippen LogP contribution in [0.15, 0.2) is 36.4 Å². The summed E-state index contributed by atoms with van der Waals surface area (Å²) in [6.07, 6.45) is 0. The van der Waals surface area contributed by atoms with Gasteiger partial charge in [-0.05, 0) is 36.2 Å². The van der Waals surface area contributed by atoms with Gasteiger partial charge in [0.25, 0.3) is 0 Å². The Morgan fingerprint density at radius 2 is 1.83 bits per heavy atom. The zero-order chi connectivity index (χ0) is 13.1. The van der Waals surface area contributed by atoms with E-state index >= 15 is 0 Å². The van der Waals surface area contributed by atoms with Crippen LogP contribution < -0.4 is 4.74 Å². The standard InChI is InChI=1S/C14H11BrClFO/c1-9-2-4-12(7-14(9)17)18-11-5-3-10(8-15)13(16)6-11/h2-7H,8H2,1H3. The maximum atomic E-state index is 13.4. The second-order valence-electron chi connectivity index (χ2n) is 3.90. The van der Waals surface area contributed by atoms with Crippen molar-refractivity contribution in [1.29, 1.82) is 0 Å². The Bertz CT molecular complexity index is 572. The fraction of sp³-hybridized carbons (Fsp3) is 0.143. The number of ether oxygens (including phenoxy) is 1. The van der Waals surface area contributed by atoms with Crippen molar-refractivity contribution >= 4 is 27.5 Å². The molecule has 0 aliphatic carbocycles. The summed E-state index contributed by atoms with van der Waals surface area (Å²) in [6.45, 7) is 1.71. The fourth-order valence-electron chi connectivity index (χ4n) is 1.47. The number of hydrogen-bond acceptors (Lipinski definition) is 1. The third-order valence-corrected chi connectivity index (χ3v) is 3.50. The summed E-state index contributed by atoms with van der Waals surface area (Å²) in [5.41, 5.74) is 1.58. The van der Waals surface area contributed by atoms with Gasteiger partial charge in [-0.3, -0.25) is 0 Å². The molecule has 0 atom stereocenters. The van der Waals surface area contributed by atoms with Gasteiger partial charge in [0.2, 0.25) is 0 Å². The first-order valence-electron chi connectivity index (χ1n) is 5.38. The van der Waals surface area contributed by atoms with Gasteiger partial charge in [0.05, 0.1) is 0 Å². The van der Waals surface area contributed by atoms with E-state index in [1.165, 1.54) is 6.07 Å². The van der Waals surface area contributed by atoms with E-state index < -0.39 is 0 Å². The molecule has 4 heteroatoms. The molecule has 2 aromatic rings. The number of aryl methyl sites for hydroxylation is 1. The lowest BCUT2D eigenvalue weighted by Crippen LogP contribution is -1.88. The lowest BCUT2D eigenvalue weighted by atomic mass is 10.2. The van der Waals surface area contributed by atoms with Crippen LogP contribution in [0.25, 0.3) is 0 Å². The van der Waals surface area contributed by atoms with E-state index in [1.54, 1.807) is 31.2 Å². The van der Waals surface area contributed by atoms with Crippen LogP contribution in [0.2, 0.25) is 5.02 Å². The van der Waals surface area contributed by atoms with Gasteiger partial charge in [-0.15, -0.1) is 0 Å². The topological polar surface area (TPSA) is 9.23 Å². The molecule has 0 amide bonds. The molecular weight excluding hydrogens is 319 g/mol. The van der Waals surface area contributed by atoms with E-state index in [-0.39, 0.29) is 5.82 Å². The van der Waals surface area contributed by atoms with Gasteiger partial charge in [-0.2, -0.15) is 0 Å². The van der Waals surface area contributed by atoms with Crippen molar-refractivity contribution in [3.8, 4) is 11.5 Å². The molecule has 0 unspecified atom stereocenters. The maximum absolute atomic E-state index is 13.4. The van der Waals surface area contributed by atoms with E-state index in [1.807, 2.05) is 6.07 Å². The first-order valence-corrected chi connectivity index (χ1v) is 6.88. The molecule has 2 aromatic carbocycles. The zero-order valence-corrected chi connectivity index (χ0v) is 12.1. The minimum Gasteiger partial charge on any atom is -0.457 e. The number of rotatable bonds is 3. The number of halogens is 3. The molecule has 0 radical (unpaired) electrons. The van der Waals surface area contributed by atoms with Gasteiger partial charge in [0.1, 0.15) is 17.3 Å². The lowest BCUT2D eigenvalue weighted by Gasteiger charge is -2.08. The SMILES string of the molecule is Cc1ccc(Oc2ccc(CBr)c(Cl)c2)cc1F. The summed E-state index contributed by atoms with van der Waals surface area (Å²) >= 11 is 9.41. The molecule has 2 rings (SSSR count). The quantitative estimate of drug-likeness (QED) is 0.678. The molecule has 18 heavy (non-hydrogen) atoms. The highest BCUT2D eigenvalue weighted by molar-refractivity contribution is 9.08. The van der Waals surface area contributed by atoms with Crippen LogP contribution in [-0.4, -0.2) is 0 Å². The Hall–Kier alpha value is -1.06. The molecule has 0 aliphatic rings. The first-order chi connectivity index (χ1) is 8.60. The average molecular weight is 330 g/mol. The Morgan fingerprint density at radius 1 is 1.17 bits per heavy atom. The predicted molar refractivity (Wildman–Crippen MR) is 75.3 cm³/mol. The molecule has 1 nitrogen and oxygen atoms in total. The van der Waals surface area contributed by atoms with E-state index in [0.29, 0.717) is 27.4 Å². The lowest BCUT2D eigenvalue weighted by molar-refractivity contribution is 0.476. The normalized spacial score (nSPS) is 10.4. The molecule has 0 aliphatic heterocycles. The monoisotopic (exact) mass is 328 g/mol. The molecule has 0 aromatic heterocycles. The van der Waals surface area contributed by atoms with Crippen LogP contribution >= 0.6 is 27.5 Å². The first kappa shape index (κ1) is 13.4. The van der Waals surface area contributed by atoms with Crippen molar-refractivity contribution < 1.29 is 9.13 Å². The molecule has 0 bridgehead atoms. The van der Waals surface area contributed by atoms with E-state index in [9.17, 15) is 4.39 Å². The highest BCUT2D eigenvalue weighted by atomic mass is 79.9. The summed E-state index contributed by atoms with van der Waals surface area (Å²) in [5.74, 6) is 0.768. The second-order valence-corrected chi connectivity index (χ2v) is 4.87. The van der Waals surface area contributed by atoms with Gasteiger partial charge in [0.15, 0.2) is 0 Å². The van der Waals surface area contributed by atoms with Gasteiger partial charge >= 0.3 is 0 Å². The summed E-state index contributed by atoms with van der Waals surface area (Å²) in [7, 11) is 0. The minimum atomic E-state index is -0.282. The summed E-state index contributed by atoms with van der Waals surface area (Å²) in [6, 6.07) is 10.2. The van der Waals surface area contributed by atoms with Gasteiger partial charge in [0, 0.05) is 16.4 Å². The number of benzene rings is 2. The molecule has 0 N–H and O–H groups in total. The maximum Gasteiger partial charge on any atom is 0.130 e. The Kier molecular flexibility index (Phi) is 4.25. The van der Waals surface area contributed by atoms with Crippen molar-refractivity contribution in [2.75, 3.05) is 0 Å². The predicted octanol–water partition coefficient (Wildman–Crippen LogP) is 5.47. The third-order valence-electron chi connectivity index (χ3n) is 2.55. The highest BCUT2D eigenvalue weighted by Gasteiger charge is 2.04. The van der Waals surface area contributed by atoms with Crippen molar-refractivity contribution in [3.63, 3.8) is 0 Å². The third kappa shape index (κ3) is 3.03. The van der Waals surface area contributed by atoms with Crippen LogP contribution in [-0.2, 0) is 5.33 Å². The smallest absolute Gasteiger partial charge is 0.130 e. The summed E-state index contributed by atoms with van der Waals surface area (Å²) < 4.78 is 18.9. The summed E-state index contributed by atoms with van der Waals surface area (Å²) in [5, 5.41) is 1.31. The van der Waals surface area contributed by atoms with Crippen LogP contribution in [0, 0.1) is 12.7 Å². The number of hydrogen-bond donors (Lipinski definition) is 0. The molecule has 0 saturated carbocycles. The van der Waals surface area contributed by atoms with Gasteiger partial charge in [-0.1, -0.05) is 39.7 Å².